The zero-order valence-electron chi connectivity index (χ0n) is 18.0. The van der Waals surface area contributed by atoms with Gasteiger partial charge >= 0.3 is 0 Å². The van der Waals surface area contributed by atoms with Crippen molar-refractivity contribution in [2.24, 2.45) is 0 Å². The molecule has 2 aromatic carbocycles. The van der Waals surface area contributed by atoms with Crippen molar-refractivity contribution in [3.05, 3.63) is 128 Å². The number of carbonyl (C=O) groups excluding carboxylic acids is 1. The molecule has 172 valence electrons. The number of ketones is 1. The van der Waals surface area contributed by atoms with Gasteiger partial charge in [0, 0.05) is 68.5 Å². The first kappa shape index (κ1) is 24.7. The van der Waals surface area contributed by atoms with E-state index in [1.165, 1.54) is 0 Å². The van der Waals surface area contributed by atoms with Crippen molar-refractivity contribution in [2.45, 2.75) is 24.7 Å². The lowest BCUT2D eigenvalue weighted by Crippen LogP contribution is -2.15. The summed E-state index contributed by atoms with van der Waals surface area (Å²) in [5.74, 6) is -0.466. The van der Waals surface area contributed by atoms with Gasteiger partial charge in [-0.2, -0.15) is 0 Å². The maximum Gasteiger partial charge on any atom is 0.134 e. The van der Waals surface area contributed by atoms with E-state index in [0.29, 0.717) is 20.1 Å². The molecule has 0 aliphatic rings. The molecule has 0 radical (unpaired) electrons. The molecule has 2 unspecified atom stereocenters. The number of halogens is 4. The summed E-state index contributed by atoms with van der Waals surface area (Å²) in [7, 11) is 0. The molecule has 4 rings (SSSR count). The highest BCUT2D eigenvalue weighted by atomic mass is 35.5. The Bertz CT molecular complexity index is 1180. The third kappa shape index (κ3) is 6.37. The van der Waals surface area contributed by atoms with E-state index in [9.17, 15) is 4.79 Å². The topological polar surface area (TPSA) is 42.9 Å². The third-order valence-corrected chi connectivity index (χ3v) is 6.58. The number of nitrogens with zero attached hydrogens (tertiary/aromatic N) is 2. The quantitative estimate of drug-likeness (QED) is 0.230. The monoisotopic (exact) mass is 528 g/mol. The summed E-state index contributed by atoms with van der Waals surface area (Å²) in [4.78, 5) is 22.5. The molecule has 0 saturated carbocycles. The third-order valence-electron chi connectivity index (χ3n) is 5.61. The summed E-state index contributed by atoms with van der Waals surface area (Å²) >= 11 is 24.6. The lowest BCUT2D eigenvalue weighted by Gasteiger charge is -2.20. The van der Waals surface area contributed by atoms with Crippen LogP contribution < -0.4 is 0 Å². The van der Waals surface area contributed by atoms with Crippen molar-refractivity contribution in [2.75, 3.05) is 0 Å². The molecule has 0 aliphatic carbocycles. The summed E-state index contributed by atoms with van der Waals surface area (Å²) in [5.41, 5.74) is 3.34. The second kappa shape index (κ2) is 11.3. The van der Waals surface area contributed by atoms with Crippen LogP contribution in [0.4, 0.5) is 0 Å². The van der Waals surface area contributed by atoms with Gasteiger partial charge in [0.15, 0.2) is 0 Å². The van der Waals surface area contributed by atoms with Crippen LogP contribution in [0, 0.1) is 0 Å². The SMILES string of the molecule is O=C(CC(c1ccc(Cl)cc1)c1cc(Cl)ccn1)CC(c1ccc(Cl)cc1)c1cc(Cl)ccn1. The molecular weight excluding hydrogens is 510 g/mol. The molecule has 34 heavy (non-hydrogen) atoms. The fourth-order valence-corrected chi connectivity index (χ4v) is 4.53. The Morgan fingerprint density at radius 1 is 0.588 bits per heavy atom. The van der Waals surface area contributed by atoms with Crippen molar-refractivity contribution in [3.8, 4) is 0 Å². The minimum absolute atomic E-state index is 0.0588. The minimum atomic E-state index is -0.262. The highest BCUT2D eigenvalue weighted by molar-refractivity contribution is 6.31. The van der Waals surface area contributed by atoms with Crippen LogP contribution in [0.15, 0.2) is 85.2 Å². The van der Waals surface area contributed by atoms with E-state index in [1.54, 1.807) is 36.7 Å². The van der Waals surface area contributed by atoms with E-state index in [-0.39, 0.29) is 30.5 Å². The molecule has 0 spiro atoms. The van der Waals surface area contributed by atoms with E-state index in [1.807, 2.05) is 48.5 Å². The van der Waals surface area contributed by atoms with Gasteiger partial charge in [-0.3, -0.25) is 14.8 Å². The molecular formula is C27H20Cl4N2O. The molecule has 0 N–H and O–H groups in total. The molecule has 7 heteroatoms. The Morgan fingerprint density at radius 3 is 1.32 bits per heavy atom. The Kier molecular flexibility index (Phi) is 8.23. The van der Waals surface area contributed by atoms with E-state index < -0.39 is 0 Å². The Morgan fingerprint density at radius 2 is 0.971 bits per heavy atom. The Labute approximate surface area is 218 Å². The minimum Gasteiger partial charge on any atom is -0.300 e. The average Bonchev–Trinajstić information content (AvgIpc) is 2.82. The normalized spacial score (nSPS) is 12.8. The predicted molar refractivity (Wildman–Crippen MR) is 139 cm³/mol. The summed E-state index contributed by atoms with van der Waals surface area (Å²) in [6.45, 7) is 0. The lowest BCUT2D eigenvalue weighted by molar-refractivity contribution is -0.119. The zero-order chi connectivity index (χ0) is 24.1. The van der Waals surface area contributed by atoms with Gasteiger partial charge < -0.3 is 0 Å². The Balaban J connectivity index is 1.65. The molecule has 4 aromatic rings. The number of hydrogen-bond donors (Lipinski definition) is 0. The van der Waals surface area contributed by atoms with E-state index in [2.05, 4.69) is 9.97 Å². The van der Waals surface area contributed by atoms with Gasteiger partial charge in [0.05, 0.1) is 0 Å². The van der Waals surface area contributed by atoms with Crippen LogP contribution in [0.5, 0.6) is 0 Å². The largest absolute Gasteiger partial charge is 0.300 e. The maximum atomic E-state index is 13.5. The first-order valence-corrected chi connectivity index (χ1v) is 12.2. The standard InChI is InChI=1S/C27H20Cl4N2O/c28-19-5-1-17(2-6-19)24(26-13-21(30)9-11-32-26)15-23(34)16-25(18-3-7-20(29)8-4-18)27-14-22(31)10-12-33-27/h1-14,24-25H,15-16H2. The second-order valence-electron chi connectivity index (χ2n) is 7.95. The number of benzene rings is 2. The highest BCUT2D eigenvalue weighted by Gasteiger charge is 2.25. The van der Waals surface area contributed by atoms with Crippen molar-refractivity contribution >= 4 is 52.2 Å². The van der Waals surface area contributed by atoms with Crippen molar-refractivity contribution < 1.29 is 4.79 Å². The number of hydrogen-bond acceptors (Lipinski definition) is 3. The number of pyridine rings is 2. The molecule has 2 atom stereocenters. The average molecular weight is 530 g/mol. The summed E-state index contributed by atoms with van der Waals surface area (Å²) in [6.07, 6.45) is 3.80. The fraction of sp³-hybridized carbons (Fsp3) is 0.148. The smallest absolute Gasteiger partial charge is 0.134 e. The highest BCUT2D eigenvalue weighted by Crippen LogP contribution is 2.34. The molecule has 0 amide bonds. The van der Waals surface area contributed by atoms with E-state index >= 15 is 0 Å². The van der Waals surface area contributed by atoms with Crippen LogP contribution in [-0.4, -0.2) is 15.8 Å². The van der Waals surface area contributed by atoms with Crippen LogP contribution in [0.1, 0.15) is 47.2 Å². The van der Waals surface area contributed by atoms with Gasteiger partial charge in [-0.05, 0) is 59.7 Å². The van der Waals surface area contributed by atoms with Crippen LogP contribution >= 0.6 is 46.4 Å². The van der Waals surface area contributed by atoms with E-state index in [4.69, 9.17) is 46.4 Å². The molecule has 0 saturated heterocycles. The van der Waals surface area contributed by atoms with Gasteiger partial charge in [-0.25, -0.2) is 0 Å². The van der Waals surface area contributed by atoms with Gasteiger partial charge in [-0.15, -0.1) is 0 Å². The number of aromatic nitrogens is 2. The molecule has 3 nitrogen and oxygen atoms in total. The molecule has 2 aromatic heterocycles. The van der Waals surface area contributed by atoms with Crippen molar-refractivity contribution in [1.29, 1.82) is 0 Å². The van der Waals surface area contributed by atoms with Gasteiger partial charge in [-0.1, -0.05) is 70.7 Å². The summed E-state index contributed by atoms with van der Waals surface area (Å²) < 4.78 is 0. The number of Topliss-reactive ketones (excluding diaryl/α,β-unsaturated/α-hetero) is 1. The summed E-state index contributed by atoms with van der Waals surface area (Å²) in [5, 5.41) is 2.39. The van der Waals surface area contributed by atoms with Crippen LogP contribution in [0.3, 0.4) is 0 Å². The maximum absolute atomic E-state index is 13.5. The number of rotatable bonds is 8. The van der Waals surface area contributed by atoms with Gasteiger partial charge in [0.25, 0.3) is 0 Å². The second-order valence-corrected chi connectivity index (χ2v) is 9.70. The van der Waals surface area contributed by atoms with Crippen LogP contribution in [-0.2, 0) is 4.79 Å². The predicted octanol–water partition coefficient (Wildman–Crippen LogP) is 8.40. The van der Waals surface area contributed by atoms with Crippen molar-refractivity contribution in [3.63, 3.8) is 0 Å². The fourth-order valence-electron chi connectivity index (χ4n) is 3.94. The first-order chi connectivity index (χ1) is 16.4. The molecule has 0 fully saturated rings. The van der Waals surface area contributed by atoms with E-state index in [0.717, 1.165) is 22.5 Å². The molecule has 0 aliphatic heterocycles. The van der Waals surface area contributed by atoms with Crippen LogP contribution in [0.2, 0.25) is 20.1 Å². The number of carbonyl (C=O) groups is 1. The Hall–Kier alpha value is -2.43. The molecule has 0 bridgehead atoms. The zero-order valence-corrected chi connectivity index (χ0v) is 21.0. The van der Waals surface area contributed by atoms with Gasteiger partial charge in [0.1, 0.15) is 5.78 Å². The van der Waals surface area contributed by atoms with Crippen molar-refractivity contribution in [1.82, 2.24) is 9.97 Å². The summed E-state index contributed by atoms with van der Waals surface area (Å²) in [6, 6.07) is 21.9. The molecule has 2 heterocycles. The lowest BCUT2D eigenvalue weighted by atomic mass is 9.85. The van der Waals surface area contributed by atoms with Crippen LogP contribution in [0.25, 0.3) is 0 Å². The first-order valence-electron chi connectivity index (χ1n) is 10.6. The van der Waals surface area contributed by atoms with Gasteiger partial charge in [0.2, 0.25) is 0 Å².